The highest BCUT2D eigenvalue weighted by Crippen LogP contribution is 2.27. The average molecular weight is 551 g/mol. The van der Waals surface area contributed by atoms with Crippen LogP contribution < -0.4 is 25.0 Å². The van der Waals surface area contributed by atoms with Gasteiger partial charge in [0.1, 0.15) is 17.3 Å². The molecule has 0 saturated carbocycles. The summed E-state index contributed by atoms with van der Waals surface area (Å²) in [6.45, 7) is 8.03. The minimum absolute atomic E-state index is 0.00850. The van der Waals surface area contributed by atoms with Crippen LogP contribution in [0.4, 0.5) is 22.2 Å². The Kier molecular flexibility index (Phi) is 11.5. The van der Waals surface area contributed by atoms with Gasteiger partial charge in [0.05, 0.1) is 20.8 Å². The van der Waals surface area contributed by atoms with Crippen LogP contribution in [0.2, 0.25) is 0 Å². The lowest BCUT2D eigenvalue weighted by Gasteiger charge is -2.20. The molecule has 3 aromatic rings. The molecule has 11 heteroatoms. The Morgan fingerprint density at radius 3 is 2.38 bits per heavy atom. The third-order valence-corrected chi connectivity index (χ3v) is 6.45. The van der Waals surface area contributed by atoms with Gasteiger partial charge in [0.2, 0.25) is 5.95 Å². The lowest BCUT2D eigenvalue weighted by atomic mass is 10.1. The number of benzene rings is 2. The molecule has 0 aliphatic rings. The van der Waals surface area contributed by atoms with Crippen molar-refractivity contribution in [1.29, 1.82) is 0 Å². The Bertz CT molecular complexity index is 1250. The summed E-state index contributed by atoms with van der Waals surface area (Å²) < 4.78 is 10.7. The van der Waals surface area contributed by atoms with Crippen LogP contribution in [0.15, 0.2) is 54.7 Å². The van der Waals surface area contributed by atoms with Gasteiger partial charge in [-0.3, -0.25) is 9.69 Å². The molecule has 0 fully saturated rings. The van der Waals surface area contributed by atoms with E-state index in [1.165, 1.54) is 26.5 Å². The Hall–Kier alpha value is -4.38. The molecule has 40 heavy (non-hydrogen) atoms. The van der Waals surface area contributed by atoms with Gasteiger partial charge >= 0.3 is 6.09 Å². The Balaban J connectivity index is 1.62. The number of amides is 2. The first-order chi connectivity index (χ1) is 19.4. The number of unbranched alkanes of at least 4 members (excludes halogenated alkanes) is 1. The number of carboxylic acid groups (broad SMARTS) is 1. The summed E-state index contributed by atoms with van der Waals surface area (Å²) in [5.41, 5.74) is 1.83. The first-order valence-corrected chi connectivity index (χ1v) is 13.3. The van der Waals surface area contributed by atoms with Crippen molar-refractivity contribution in [3.63, 3.8) is 0 Å². The normalized spacial score (nSPS) is 10.7. The maximum absolute atomic E-state index is 12.5. The zero-order valence-corrected chi connectivity index (χ0v) is 23.5. The number of hydrogen-bond acceptors (Lipinski definition) is 8. The van der Waals surface area contributed by atoms with Gasteiger partial charge in [-0.05, 0) is 81.0 Å². The lowest BCUT2D eigenvalue weighted by molar-refractivity contribution is 0.0952. The highest BCUT2D eigenvalue weighted by molar-refractivity contribution is 5.94. The zero-order chi connectivity index (χ0) is 28.9. The van der Waals surface area contributed by atoms with E-state index in [1.807, 2.05) is 0 Å². The number of methoxy groups -OCH3 is 2. The number of anilines is 3. The summed E-state index contributed by atoms with van der Waals surface area (Å²) in [7, 11) is 3.06. The fraction of sp³-hybridized carbons (Fsp3) is 0.379. The number of ether oxygens (including phenoxy) is 2. The van der Waals surface area contributed by atoms with Gasteiger partial charge in [-0.25, -0.2) is 9.78 Å². The SMILES string of the molecule is CCN(CC)CCCCNC(=O)c1ccc(Nc2nccc(N(Cc3cc(OC)ccc3OC)C(=O)O)n2)cc1. The third kappa shape index (κ3) is 8.57. The molecule has 0 saturated heterocycles. The quantitative estimate of drug-likeness (QED) is 0.229. The molecule has 3 rings (SSSR count). The molecule has 0 spiro atoms. The van der Waals surface area contributed by atoms with E-state index in [0.717, 1.165) is 37.4 Å². The maximum atomic E-state index is 12.5. The van der Waals surface area contributed by atoms with Crippen LogP contribution in [0.3, 0.4) is 0 Å². The van der Waals surface area contributed by atoms with E-state index in [2.05, 4.69) is 39.3 Å². The summed E-state index contributed by atoms with van der Waals surface area (Å²) in [5, 5.41) is 15.9. The lowest BCUT2D eigenvalue weighted by Crippen LogP contribution is -2.29. The van der Waals surface area contributed by atoms with Gasteiger partial charge in [-0.1, -0.05) is 13.8 Å². The van der Waals surface area contributed by atoms with Crippen molar-refractivity contribution in [2.75, 3.05) is 50.6 Å². The van der Waals surface area contributed by atoms with E-state index in [0.29, 0.717) is 34.9 Å². The first kappa shape index (κ1) is 30.2. The summed E-state index contributed by atoms with van der Waals surface area (Å²) in [6.07, 6.45) is 2.26. The third-order valence-electron chi connectivity index (χ3n) is 6.45. The smallest absolute Gasteiger partial charge is 0.413 e. The van der Waals surface area contributed by atoms with Crippen molar-refractivity contribution in [3.8, 4) is 11.5 Å². The number of nitrogens with zero attached hydrogens (tertiary/aromatic N) is 4. The second-order valence-electron chi connectivity index (χ2n) is 8.98. The van der Waals surface area contributed by atoms with E-state index in [4.69, 9.17) is 9.47 Å². The molecule has 0 bridgehead atoms. The van der Waals surface area contributed by atoms with Gasteiger partial charge in [0.15, 0.2) is 0 Å². The van der Waals surface area contributed by atoms with Crippen molar-refractivity contribution in [2.24, 2.45) is 0 Å². The molecule has 3 N–H and O–H groups in total. The van der Waals surface area contributed by atoms with Gasteiger partial charge in [0.25, 0.3) is 5.91 Å². The number of carbonyl (C=O) groups is 2. The zero-order valence-electron chi connectivity index (χ0n) is 23.5. The predicted octanol–water partition coefficient (Wildman–Crippen LogP) is 4.77. The topological polar surface area (TPSA) is 129 Å². The number of aromatic nitrogens is 2. The van der Waals surface area contributed by atoms with Crippen LogP contribution in [0.5, 0.6) is 11.5 Å². The Labute approximate surface area is 235 Å². The van der Waals surface area contributed by atoms with Gasteiger partial charge < -0.3 is 30.1 Å². The number of nitrogens with one attached hydrogen (secondary N) is 2. The van der Waals surface area contributed by atoms with Crippen LogP contribution in [-0.2, 0) is 6.54 Å². The molecule has 0 radical (unpaired) electrons. The molecule has 2 aromatic carbocycles. The van der Waals surface area contributed by atoms with Crippen LogP contribution in [-0.4, -0.2) is 72.4 Å². The molecule has 0 atom stereocenters. The number of hydrogen-bond donors (Lipinski definition) is 3. The van der Waals surface area contributed by atoms with Crippen molar-refractivity contribution in [3.05, 3.63) is 65.9 Å². The Morgan fingerprint density at radius 2 is 1.73 bits per heavy atom. The standard InChI is InChI=1S/C29H38N6O5/c1-5-34(6-2)18-8-7-16-30-27(36)21-9-11-23(12-10-21)32-28-31-17-15-26(33-28)35(29(37)38)20-22-19-24(39-3)13-14-25(22)40-4/h9-15,17,19H,5-8,16,18,20H2,1-4H3,(H,30,36)(H,37,38)(H,31,32,33). The minimum Gasteiger partial charge on any atom is -0.497 e. The van der Waals surface area contributed by atoms with Crippen molar-refractivity contribution in [2.45, 2.75) is 33.2 Å². The van der Waals surface area contributed by atoms with Crippen molar-refractivity contribution >= 4 is 29.5 Å². The highest BCUT2D eigenvalue weighted by Gasteiger charge is 2.20. The molecule has 0 unspecified atom stereocenters. The second-order valence-corrected chi connectivity index (χ2v) is 8.98. The molecule has 0 aliphatic carbocycles. The van der Waals surface area contributed by atoms with Crippen LogP contribution in [0.25, 0.3) is 0 Å². The maximum Gasteiger partial charge on any atom is 0.413 e. The van der Waals surface area contributed by atoms with E-state index in [9.17, 15) is 14.7 Å². The average Bonchev–Trinajstić information content (AvgIpc) is 2.97. The highest BCUT2D eigenvalue weighted by atomic mass is 16.5. The molecule has 2 amide bonds. The van der Waals surface area contributed by atoms with Gasteiger partial charge in [-0.15, -0.1) is 0 Å². The number of rotatable bonds is 15. The molecular formula is C29H38N6O5. The van der Waals surface area contributed by atoms with E-state index >= 15 is 0 Å². The fourth-order valence-corrected chi connectivity index (χ4v) is 4.12. The molecular weight excluding hydrogens is 512 g/mol. The van der Waals surface area contributed by atoms with Crippen molar-refractivity contribution < 1.29 is 24.2 Å². The van der Waals surface area contributed by atoms with Crippen LogP contribution >= 0.6 is 0 Å². The summed E-state index contributed by atoms with van der Waals surface area (Å²) >= 11 is 0. The molecule has 1 heterocycles. The summed E-state index contributed by atoms with van der Waals surface area (Å²) in [6, 6.07) is 13.6. The number of carbonyl (C=O) groups excluding carboxylic acids is 1. The molecule has 1 aromatic heterocycles. The van der Waals surface area contributed by atoms with E-state index in [1.54, 1.807) is 42.5 Å². The molecule has 0 aliphatic heterocycles. The van der Waals surface area contributed by atoms with E-state index in [-0.39, 0.29) is 24.2 Å². The fourth-order valence-electron chi connectivity index (χ4n) is 4.12. The predicted molar refractivity (Wildman–Crippen MR) is 155 cm³/mol. The molecule has 11 nitrogen and oxygen atoms in total. The monoisotopic (exact) mass is 550 g/mol. The van der Waals surface area contributed by atoms with Gasteiger partial charge in [0, 0.05) is 29.6 Å². The minimum atomic E-state index is -1.18. The van der Waals surface area contributed by atoms with Gasteiger partial charge in [-0.2, -0.15) is 4.98 Å². The van der Waals surface area contributed by atoms with Crippen molar-refractivity contribution in [1.82, 2.24) is 20.2 Å². The Morgan fingerprint density at radius 1 is 0.975 bits per heavy atom. The van der Waals surface area contributed by atoms with E-state index < -0.39 is 6.09 Å². The second kappa shape index (κ2) is 15.3. The molecule has 214 valence electrons. The summed E-state index contributed by atoms with van der Waals surface area (Å²) in [5.74, 6) is 1.39. The first-order valence-electron chi connectivity index (χ1n) is 13.3. The van der Waals surface area contributed by atoms with Crippen LogP contribution in [0, 0.1) is 0 Å². The van der Waals surface area contributed by atoms with Crippen LogP contribution in [0.1, 0.15) is 42.6 Å². The largest absolute Gasteiger partial charge is 0.497 e. The summed E-state index contributed by atoms with van der Waals surface area (Å²) in [4.78, 5) is 36.7.